The first-order chi connectivity index (χ1) is 15.1. The number of rotatable bonds is 6. The Kier molecular flexibility index (Phi) is 5.46. The molecule has 3 heterocycles. The largest absolute Gasteiger partial charge is 0.368 e. The molecule has 0 bridgehead atoms. The minimum atomic E-state index is -0.188. The van der Waals surface area contributed by atoms with E-state index in [0.717, 1.165) is 55.7 Å². The molecule has 1 fully saturated rings. The number of nitrogens with zero attached hydrogens (tertiary/aromatic N) is 3. The molecule has 0 N–H and O–H groups in total. The van der Waals surface area contributed by atoms with Crippen molar-refractivity contribution in [2.24, 2.45) is 0 Å². The fraction of sp³-hybridized carbons (Fsp3) is 0.333. The topological polar surface area (TPSA) is 43.9 Å². The Morgan fingerprint density at radius 2 is 1.55 bits per heavy atom. The summed E-state index contributed by atoms with van der Waals surface area (Å²) in [6.07, 6.45) is 1.76. The van der Waals surface area contributed by atoms with Crippen LogP contribution in [0.4, 0.5) is 10.1 Å². The third-order valence-corrected chi connectivity index (χ3v) is 7.15. The van der Waals surface area contributed by atoms with Crippen molar-refractivity contribution >= 4 is 38.9 Å². The molecule has 0 atom stereocenters. The van der Waals surface area contributed by atoms with Gasteiger partial charge in [-0.2, -0.15) is 0 Å². The third kappa shape index (κ3) is 3.83. The van der Waals surface area contributed by atoms with Crippen LogP contribution in [-0.4, -0.2) is 60.9 Å². The first-order valence-corrected chi connectivity index (χ1v) is 11.6. The summed E-state index contributed by atoms with van der Waals surface area (Å²) >= 11 is 1.59. The minimum Gasteiger partial charge on any atom is -0.368 e. The lowest BCUT2D eigenvalue weighted by molar-refractivity contribution is 0.0650. The zero-order valence-corrected chi connectivity index (χ0v) is 18.0. The predicted octanol–water partition coefficient (Wildman–Crippen LogP) is 4.24. The summed E-state index contributed by atoms with van der Waals surface area (Å²) < 4.78 is 14.4. The van der Waals surface area contributed by atoms with Crippen molar-refractivity contribution < 1.29 is 14.0 Å². The Labute approximate surface area is 184 Å². The van der Waals surface area contributed by atoms with Crippen LogP contribution in [0.2, 0.25) is 0 Å². The number of imide groups is 1. The van der Waals surface area contributed by atoms with Gasteiger partial charge in [-0.3, -0.25) is 19.4 Å². The van der Waals surface area contributed by atoms with Gasteiger partial charge in [-0.05, 0) is 49.7 Å². The Bertz CT molecular complexity index is 1100. The first kappa shape index (κ1) is 20.2. The molecule has 0 spiro atoms. The number of piperazine rings is 1. The Morgan fingerprint density at radius 3 is 2.26 bits per heavy atom. The molecule has 31 heavy (non-hydrogen) atoms. The van der Waals surface area contributed by atoms with Gasteiger partial charge in [0, 0.05) is 48.2 Å². The zero-order valence-electron chi connectivity index (χ0n) is 17.2. The molecule has 1 saturated heterocycles. The molecule has 1 aromatic heterocycles. The molecule has 2 aliphatic heterocycles. The zero-order chi connectivity index (χ0) is 21.4. The lowest BCUT2D eigenvalue weighted by Crippen LogP contribution is -2.46. The Morgan fingerprint density at radius 1 is 0.871 bits per heavy atom. The van der Waals surface area contributed by atoms with Gasteiger partial charge >= 0.3 is 0 Å². The van der Waals surface area contributed by atoms with E-state index in [1.165, 1.54) is 16.7 Å². The SMILES string of the molecule is O=C1c2ccccc2C(=O)N1CCCCN1CCN(c2csc3cc(F)ccc23)CC1. The minimum absolute atomic E-state index is 0.169. The van der Waals surface area contributed by atoms with E-state index in [-0.39, 0.29) is 17.6 Å². The summed E-state index contributed by atoms with van der Waals surface area (Å²) in [5.74, 6) is -0.527. The maximum absolute atomic E-state index is 13.4. The second kappa shape index (κ2) is 8.40. The van der Waals surface area contributed by atoms with E-state index in [0.29, 0.717) is 17.7 Å². The quantitative estimate of drug-likeness (QED) is 0.427. The van der Waals surface area contributed by atoms with Gasteiger partial charge in [-0.15, -0.1) is 11.3 Å². The number of halogens is 1. The van der Waals surface area contributed by atoms with Crippen molar-refractivity contribution in [3.8, 4) is 0 Å². The lowest BCUT2D eigenvalue weighted by Gasteiger charge is -2.36. The van der Waals surface area contributed by atoms with Crippen LogP contribution in [0.25, 0.3) is 10.1 Å². The van der Waals surface area contributed by atoms with Crippen LogP contribution >= 0.6 is 11.3 Å². The van der Waals surface area contributed by atoms with E-state index in [2.05, 4.69) is 15.2 Å². The fourth-order valence-electron chi connectivity index (χ4n) is 4.49. The van der Waals surface area contributed by atoms with Gasteiger partial charge in [0.25, 0.3) is 11.8 Å². The Balaban J connectivity index is 1.09. The highest BCUT2D eigenvalue weighted by atomic mass is 32.1. The molecule has 160 valence electrons. The number of amides is 2. The molecule has 5 rings (SSSR count). The van der Waals surface area contributed by atoms with Crippen molar-refractivity contribution in [1.29, 1.82) is 0 Å². The van der Waals surface area contributed by atoms with Crippen LogP contribution in [0.15, 0.2) is 47.8 Å². The molecule has 0 saturated carbocycles. The lowest BCUT2D eigenvalue weighted by atomic mass is 10.1. The van der Waals surface area contributed by atoms with E-state index in [1.54, 1.807) is 41.7 Å². The number of carbonyl (C=O) groups is 2. The number of anilines is 1. The van der Waals surface area contributed by atoms with E-state index < -0.39 is 0 Å². The molecular formula is C24H24FN3O2S. The molecule has 3 aromatic rings. The van der Waals surface area contributed by atoms with Gasteiger partial charge in [0.15, 0.2) is 0 Å². The van der Waals surface area contributed by atoms with Crippen LogP contribution in [0, 0.1) is 5.82 Å². The van der Waals surface area contributed by atoms with Gasteiger partial charge in [0.05, 0.1) is 16.8 Å². The average Bonchev–Trinajstić information content (AvgIpc) is 3.31. The molecular weight excluding hydrogens is 413 g/mol. The van der Waals surface area contributed by atoms with Crippen LogP contribution in [-0.2, 0) is 0 Å². The molecule has 0 unspecified atom stereocenters. The summed E-state index contributed by atoms with van der Waals surface area (Å²) in [5.41, 5.74) is 2.24. The van der Waals surface area contributed by atoms with E-state index in [4.69, 9.17) is 0 Å². The molecule has 2 aliphatic rings. The van der Waals surface area contributed by atoms with Crippen molar-refractivity contribution in [3.05, 3.63) is 64.8 Å². The van der Waals surface area contributed by atoms with Gasteiger partial charge in [0.2, 0.25) is 0 Å². The summed E-state index contributed by atoms with van der Waals surface area (Å²) in [6, 6.07) is 12.1. The highest BCUT2D eigenvalue weighted by molar-refractivity contribution is 7.17. The number of unbranched alkanes of at least 4 members (excludes halogenated alkanes) is 1. The fourth-order valence-corrected chi connectivity index (χ4v) is 5.49. The van der Waals surface area contributed by atoms with Crippen molar-refractivity contribution in [1.82, 2.24) is 9.80 Å². The molecule has 2 aromatic carbocycles. The predicted molar refractivity (Wildman–Crippen MR) is 121 cm³/mol. The van der Waals surface area contributed by atoms with Gasteiger partial charge < -0.3 is 4.90 Å². The van der Waals surface area contributed by atoms with Crippen LogP contribution in [0.3, 0.4) is 0 Å². The average molecular weight is 438 g/mol. The van der Waals surface area contributed by atoms with Gasteiger partial charge in [0.1, 0.15) is 5.82 Å². The second-order valence-electron chi connectivity index (χ2n) is 8.10. The smallest absolute Gasteiger partial charge is 0.261 e. The molecule has 7 heteroatoms. The standard InChI is InChI=1S/C24H24FN3O2S/c25-17-7-8-20-21(16-31-22(20)15-17)27-13-11-26(12-14-27)9-3-4-10-28-23(29)18-5-1-2-6-19(18)24(28)30/h1-2,5-8,15-16H,3-4,9-14H2. The van der Waals surface area contributed by atoms with Crippen LogP contribution < -0.4 is 4.90 Å². The highest BCUT2D eigenvalue weighted by Gasteiger charge is 2.34. The van der Waals surface area contributed by atoms with Crippen molar-refractivity contribution in [3.63, 3.8) is 0 Å². The number of carbonyl (C=O) groups excluding carboxylic acids is 2. The normalized spacial score (nSPS) is 17.1. The number of hydrogen-bond acceptors (Lipinski definition) is 5. The summed E-state index contributed by atoms with van der Waals surface area (Å²) in [6.45, 7) is 5.29. The van der Waals surface area contributed by atoms with Crippen LogP contribution in [0.1, 0.15) is 33.6 Å². The molecule has 5 nitrogen and oxygen atoms in total. The van der Waals surface area contributed by atoms with E-state index >= 15 is 0 Å². The number of benzene rings is 2. The maximum Gasteiger partial charge on any atom is 0.261 e. The third-order valence-electron chi connectivity index (χ3n) is 6.21. The van der Waals surface area contributed by atoms with Crippen LogP contribution in [0.5, 0.6) is 0 Å². The van der Waals surface area contributed by atoms with Crippen molar-refractivity contribution in [2.75, 3.05) is 44.2 Å². The molecule has 2 amide bonds. The number of thiophene rings is 1. The summed E-state index contributed by atoms with van der Waals surface area (Å²) in [7, 11) is 0. The number of fused-ring (bicyclic) bond motifs is 2. The Hall–Kier alpha value is -2.77. The first-order valence-electron chi connectivity index (χ1n) is 10.7. The van der Waals surface area contributed by atoms with E-state index in [9.17, 15) is 14.0 Å². The monoisotopic (exact) mass is 437 g/mol. The van der Waals surface area contributed by atoms with Gasteiger partial charge in [-0.25, -0.2) is 4.39 Å². The van der Waals surface area contributed by atoms with E-state index in [1.807, 2.05) is 6.07 Å². The highest BCUT2D eigenvalue weighted by Crippen LogP contribution is 2.34. The molecule has 0 radical (unpaired) electrons. The summed E-state index contributed by atoms with van der Waals surface area (Å²) in [5, 5.41) is 3.25. The molecule has 0 aliphatic carbocycles. The second-order valence-corrected chi connectivity index (χ2v) is 9.02. The summed E-state index contributed by atoms with van der Waals surface area (Å²) in [4.78, 5) is 31.1. The van der Waals surface area contributed by atoms with Crippen molar-refractivity contribution in [2.45, 2.75) is 12.8 Å². The maximum atomic E-state index is 13.4. The van der Waals surface area contributed by atoms with Gasteiger partial charge in [-0.1, -0.05) is 12.1 Å². The number of hydrogen-bond donors (Lipinski definition) is 0.